The second-order valence-electron chi connectivity index (χ2n) is 6.53. The quantitative estimate of drug-likeness (QED) is 0.912. The topological polar surface area (TPSA) is 62.3 Å². The summed E-state index contributed by atoms with van der Waals surface area (Å²) in [5, 5.41) is 3.04. The Labute approximate surface area is 148 Å². The molecule has 130 valence electrons. The number of aromatic nitrogens is 1. The van der Waals surface area contributed by atoms with Crippen LogP contribution in [0.4, 0.5) is 0 Å². The summed E-state index contributed by atoms with van der Waals surface area (Å²) in [6, 6.07) is 13.3. The van der Waals surface area contributed by atoms with E-state index < -0.39 is 0 Å². The third kappa shape index (κ3) is 4.44. The molecule has 1 saturated carbocycles. The standard InChI is InChI=1S/C20H23N3O2/c1-23(14-15-7-3-2-4-8-15)20(25)18-13-16(11-12-21-18)19(24)22-17-9-5-6-10-17/h2-4,7-8,11-13,17H,5-6,9-10,14H2,1H3,(H,22,24). The molecule has 0 unspecified atom stereocenters. The lowest BCUT2D eigenvalue weighted by molar-refractivity contribution is 0.0779. The monoisotopic (exact) mass is 337 g/mol. The molecule has 5 heteroatoms. The Bertz CT molecular complexity index is 740. The van der Waals surface area contributed by atoms with Gasteiger partial charge in [0.1, 0.15) is 5.69 Å². The van der Waals surface area contributed by atoms with E-state index >= 15 is 0 Å². The summed E-state index contributed by atoms with van der Waals surface area (Å²) in [7, 11) is 1.74. The van der Waals surface area contributed by atoms with Crippen molar-refractivity contribution in [2.45, 2.75) is 38.3 Å². The lowest BCUT2D eigenvalue weighted by atomic mass is 10.1. The maximum absolute atomic E-state index is 12.6. The van der Waals surface area contributed by atoms with Crippen LogP contribution in [-0.4, -0.2) is 34.8 Å². The van der Waals surface area contributed by atoms with Crippen LogP contribution in [-0.2, 0) is 6.54 Å². The van der Waals surface area contributed by atoms with Crippen LogP contribution in [0.1, 0.15) is 52.1 Å². The van der Waals surface area contributed by atoms with Crippen LogP contribution in [0, 0.1) is 0 Å². The Morgan fingerprint density at radius 1 is 1.16 bits per heavy atom. The van der Waals surface area contributed by atoms with E-state index in [1.165, 1.54) is 6.20 Å². The number of carbonyl (C=O) groups excluding carboxylic acids is 2. The van der Waals surface area contributed by atoms with E-state index in [4.69, 9.17) is 0 Å². The second-order valence-corrected chi connectivity index (χ2v) is 6.53. The van der Waals surface area contributed by atoms with E-state index in [9.17, 15) is 9.59 Å². The summed E-state index contributed by atoms with van der Waals surface area (Å²) in [6.07, 6.45) is 5.91. The Morgan fingerprint density at radius 3 is 2.60 bits per heavy atom. The number of benzene rings is 1. The van der Waals surface area contributed by atoms with Gasteiger partial charge >= 0.3 is 0 Å². The average Bonchev–Trinajstić information content (AvgIpc) is 3.15. The minimum absolute atomic E-state index is 0.130. The second kappa shape index (κ2) is 7.92. The molecule has 1 aromatic carbocycles. The molecule has 2 amide bonds. The van der Waals surface area contributed by atoms with Crippen LogP contribution in [0.3, 0.4) is 0 Å². The van der Waals surface area contributed by atoms with Crippen LogP contribution >= 0.6 is 0 Å². The van der Waals surface area contributed by atoms with Crippen LogP contribution in [0.5, 0.6) is 0 Å². The van der Waals surface area contributed by atoms with Gasteiger partial charge in [-0.15, -0.1) is 0 Å². The lowest BCUT2D eigenvalue weighted by Gasteiger charge is -2.17. The van der Waals surface area contributed by atoms with Gasteiger partial charge in [-0.3, -0.25) is 14.6 Å². The predicted octanol–water partition coefficient (Wildman–Crippen LogP) is 3.03. The number of nitrogens with one attached hydrogen (secondary N) is 1. The summed E-state index contributed by atoms with van der Waals surface area (Å²) in [4.78, 5) is 30.7. The fraction of sp³-hybridized carbons (Fsp3) is 0.350. The number of hydrogen-bond donors (Lipinski definition) is 1. The largest absolute Gasteiger partial charge is 0.349 e. The molecule has 5 nitrogen and oxygen atoms in total. The molecular weight excluding hydrogens is 314 g/mol. The zero-order valence-corrected chi connectivity index (χ0v) is 14.4. The molecule has 2 aromatic rings. The summed E-state index contributed by atoms with van der Waals surface area (Å²) in [5.74, 6) is -0.326. The molecule has 0 radical (unpaired) electrons. The first kappa shape index (κ1) is 17.1. The Balaban J connectivity index is 1.67. The lowest BCUT2D eigenvalue weighted by Crippen LogP contribution is -2.33. The molecule has 1 aliphatic carbocycles. The molecule has 25 heavy (non-hydrogen) atoms. The summed E-state index contributed by atoms with van der Waals surface area (Å²) in [6.45, 7) is 0.500. The first-order chi connectivity index (χ1) is 12.1. The zero-order valence-electron chi connectivity index (χ0n) is 14.4. The van der Waals surface area contributed by atoms with Crippen LogP contribution < -0.4 is 5.32 Å². The summed E-state index contributed by atoms with van der Waals surface area (Å²) < 4.78 is 0. The SMILES string of the molecule is CN(Cc1ccccc1)C(=O)c1cc(C(=O)NC2CCCC2)ccn1. The first-order valence-corrected chi connectivity index (χ1v) is 8.70. The Morgan fingerprint density at radius 2 is 1.88 bits per heavy atom. The Hall–Kier alpha value is -2.69. The van der Waals surface area contributed by atoms with Crippen molar-refractivity contribution in [1.29, 1.82) is 0 Å². The van der Waals surface area contributed by atoms with Gasteiger partial charge in [0.05, 0.1) is 0 Å². The molecule has 0 saturated heterocycles. The van der Waals surface area contributed by atoms with E-state index in [-0.39, 0.29) is 23.6 Å². The minimum atomic E-state index is -0.195. The van der Waals surface area contributed by atoms with Crippen molar-refractivity contribution in [1.82, 2.24) is 15.2 Å². The molecule has 0 spiro atoms. The van der Waals surface area contributed by atoms with Gasteiger partial charge in [-0.25, -0.2) is 0 Å². The minimum Gasteiger partial charge on any atom is -0.349 e. The third-order valence-electron chi connectivity index (χ3n) is 4.54. The Kier molecular flexibility index (Phi) is 5.43. The number of rotatable bonds is 5. The predicted molar refractivity (Wildman–Crippen MR) is 96.2 cm³/mol. The van der Waals surface area contributed by atoms with Crippen molar-refractivity contribution in [3.05, 3.63) is 65.5 Å². The van der Waals surface area contributed by atoms with Crippen molar-refractivity contribution in [3.63, 3.8) is 0 Å². The highest BCUT2D eigenvalue weighted by Gasteiger charge is 2.20. The van der Waals surface area contributed by atoms with E-state index in [0.717, 1.165) is 31.2 Å². The number of amides is 2. The van der Waals surface area contributed by atoms with Crippen molar-refractivity contribution in [3.8, 4) is 0 Å². The van der Waals surface area contributed by atoms with Gasteiger partial charge in [-0.2, -0.15) is 0 Å². The molecule has 3 rings (SSSR count). The number of hydrogen-bond acceptors (Lipinski definition) is 3. The van der Waals surface area contributed by atoms with E-state index in [2.05, 4.69) is 10.3 Å². The van der Waals surface area contributed by atoms with Gasteiger partial charge in [-0.1, -0.05) is 43.2 Å². The molecular formula is C20H23N3O2. The third-order valence-corrected chi connectivity index (χ3v) is 4.54. The van der Waals surface area contributed by atoms with E-state index in [1.54, 1.807) is 24.1 Å². The van der Waals surface area contributed by atoms with Crippen LogP contribution in [0.2, 0.25) is 0 Å². The fourth-order valence-electron chi connectivity index (χ4n) is 3.15. The van der Waals surface area contributed by atoms with Gasteiger partial charge < -0.3 is 10.2 Å². The zero-order chi connectivity index (χ0) is 17.6. The fourth-order valence-corrected chi connectivity index (χ4v) is 3.15. The van der Waals surface area contributed by atoms with E-state index in [1.807, 2.05) is 30.3 Å². The molecule has 1 aliphatic rings. The highest BCUT2D eigenvalue weighted by atomic mass is 16.2. The van der Waals surface area contributed by atoms with Gasteiger partial charge in [0.25, 0.3) is 11.8 Å². The number of carbonyl (C=O) groups is 2. The normalized spacial score (nSPS) is 14.3. The van der Waals surface area contributed by atoms with Gasteiger partial charge in [-0.05, 0) is 30.5 Å². The van der Waals surface area contributed by atoms with Gasteiger partial charge in [0, 0.05) is 31.4 Å². The highest BCUT2D eigenvalue weighted by Crippen LogP contribution is 2.18. The van der Waals surface area contributed by atoms with Crippen molar-refractivity contribution < 1.29 is 9.59 Å². The molecule has 1 heterocycles. The number of pyridine rings is 1. The van der Waals surface area contributed by atoms with Crippen molar-refractivity contribution in [2.75, 3.05) is 7.05 Å². The van der Waals surface area contributed by atoms with Crippen LogP contribution in [0.15, 0.2) is 48.7 Å². The maximum atomic E-state index is 12.6. The molecule has 1 aromatic heterocycles. The summed E-state index contributed by atoms with van der Waals surface area (Å²) >= 11 is 0. The molecule has 1 fully saturated rings. The highest BCUT2D eigenvalue weighted by molar-refractivity contribution is 5.98. The van der Waals surface area contributed by atoms with Crippen molar-refractivity contribution >= 4 is 11.8 Å². The maximum Gasteiger partial charge on any atom is 0.272 e. The van der Waals surface area contributed by atoms with Crippen molar-refractivity contribution in [2.24, 2.45) is 0 Å². The van der Waals surface area contributed by atoms with Crippen LogP contribution in [0.25, 0.3) is 0 Å². The van der Waals surface area contributed by atoms with Gasteiger partial charge in [0.2, 0.25) is 0 Å². The molecule has 0 atom stereocenters. The average molecular weight is 337 g/mol. The van der Waals surface area contributed by atoms with E-state index in [0.29, 0.717) is 12.1 Å². The van der Waals surface area contributed by atoms with Gasteiger partial charge in [0.15, 0.2) is 0 Å². The number of nitrogens with zero attached hydrogens (tertiary/aromatic N) is 2. The summed E-state index contributed by atoms with van der Waals surface area (Å²) in [5.41, 5.74) is 1.82. The first-order valence-electron chi connectivity index (χ1n) is 8.70. The molecule has 0 bridgehead atoms. The smallest absolute Gasteiger partial charge is 0.272 e. The molecule has 0 aliphatic heterocycles. The molecule has 1 N–H and O–H groups in total.